The van der Waals surface area contributed by atoms with Crippen molar-refractivity contribution in [3.05, 3.63) is 79.5 Å². The molecule has 1 N–H and O–H groups in total. The van der Waals surface area contributed by atoms with Gasteiger partial charge in [-0.1, -0.05) is 51.6 Å². The lowest BCUT2D eigenvalue weighted by atomic mass is 10.2. The first-order chi connectivity index (χ1) is 15.9. The fourth-order valence-electron chi connectivity index (χ4n) is 3.76. The molecular formula is C24H25BrCl2N4O2. The van der Waals surface area contributed by atoms with Gasteiger partial charge in [0.1, 0.15) is 12.4 Å². The highest BCUT2D eigenvalue weighted by Gasteiger charge is 2.18. The summed E-state index contributed by atoms with van der Waals surface area (Å²) in [6.45, 7) is 4.47. The lowest BCUT2D eigenvalue weighted by Crippen LogP contribution is -2.45. The first-order valence-corrected chi connectivity index (χ1v) is 12.4. The van der Waals surface area contributed by atoms with Gasteiger partial charge in [0.2, 0.25) is 0 Å². The molecule has 1 aliphatic heterocycles. The Bertz CT molecular complexity index is 1150. The molecule has 0 saturated carbocycles. The van der Waals surface area contributed by atoms with E-state index in [1.807, 2.05) is 46.9 Å². The molecule has 1 aromatic heterocycles. The molecule has 1 aliphatic rings. The van der Waals surface area contributed by atoms with Gasteiger partial charge in [-0.3, -0.25) is 14.9 Å². The van der Waals surface area contributed by atoms with Gasteiger partial charge in [-0.2, -0.15) is 5.10 Å². The van der Waals surface area contributed by atoms with E-state index in [1.165, 1.54) is 6.42 Å². The molecule has 6 nitrogen and oxygen atoms in total. The SMILES string of the molecule is Cc1cc(C(=O)NN2CCCCC2)nn1Cc1cc(Br)ccc1OCc1ccc(Cl)cc1Cl. The van der Waals surface area contributed by atoms with Crippen LogP contribution < -0.4 is 10.2 Å². The Morgan fingerprint density at radius 1 is 1.09 bits per heavy atom. The van der Waals surface area contributed by atoms with Crippen LogP contribution in [0.2, 0.25) is 10.0 Å². The summed E-state index contributed by atoms with van der Waals surface area (Å²) >= 11 is 15.8. The topological polar surface area (TPSA) is 59.4 Å². The van der Waals surface area contributed by atoms with Crippen molar-refractivity contribution in [2.75, 3.05) is 13.1 Å². The second-order valence-electron chi connectivity index (χ2n) is 8.09. The minimum Gasteiger partial charge on any atom is -0.488 e. The second-order valence-corrected chi connectivity index (χ2v) is 9.85. The summed E-state index contributed by atoms with van der Waals surface area (Å²) in [5.41, 5.74) is 6.06. The highest BCUT2D eigenvalue weighted by molar-refractivity contribution is 9.10. The van der Waals surface area contributed by atoms with Gasteiger partial charge in [0.15, 0.2) is 5.69 Å². The van der Waals surface area contributed by atoms with E-state index in [4.69, 9.17) is 27.9 Å². The van der Waals surface area contributed by atoms with Crippen LogP contribution in [0, 0.1) is 6.92 Å². The number of ether oxygens (including phenoxy) is 1. The standard InChI is InChI=1S/C24H25BrCl2N4O2/c1-16-11-22(24(32)29-30-9-3-2-4-10-30)28-31(16)14-18-12-19(25)6-8-23(18)33-15-17-5-7-20(26)13-21(17)27/h5-8,11-13H,2-4,9-10,14-15H2,1H3,(H,29,32). The molecular weight excluding hydrogens is 527 g/mol. The number of hydrazine groups is 1. The predicted octanol–water partition coefficient (Wildman–Crippen LogP) is 6.02. The number of hydrogen-bond donors (Lipinski definition) is 1. The van der Waals surface area contributed by atoms with Gasteiger partial charge in [0, 0.05) is 44.4 Å². The van der Waals surface area contributed by atoms with Crippen LogP contribution in [0.3, 0.4) is 0 Å². The number of carbonyl (C=O) groups is 1. The van der Waals surface area contributed by atoms with Crippen molar-refractivity contribution in [2.24, 2.45) is 0 Å². The van der Waals surface area contributed by atoms with Crippen LogP contribution in [0.1, 0.15) is 46.6 Å². The zero-order valence-corrected chi connectivity index (χ0v) is 21.4. The van der Waals surface area contributed by atoms with Crippen LogP contribution in [-0.2, 0) is 13.2 Å². The van der Waals surface area contributed by atoms with E-state index in [1.54, 1.807) is 12.1 Å². The minimum absolute atomic E-state index is 0.179. The summed E-state index contributed by atoms with van der Waals surface area (Å²) in [6.07, 6.45) is 3.41. The number of nitrogens with one attached hydrogen (secondary N) is 1. The van der Waals surface area contributed by atoms with Gasteiger partial charge in [-0.25, -0.2) is 5.01 Å². The smallest absolute Gasteiger partial charge is 0.286 e. The van der Waals surface area contributed by atoms with E-state index in [-0.39, 0.29) is 5.91 Å². The third-order valence-corrected chi connectivity index (χ3v) is 6.65. The van der Waals surface area contributed by atoms with Crippen LogP contribution in [0.25, 0.3) is 0 Å². The number of hydrogen-bond acceptors (Lipinski definition) is 4. The number of carbonyl (C=O) groups excluding carboxylic acids is 1. The largest absolute Gasteiger partial charge is 0.488 e. The Balaban J connectivity index is 1.48. The number of halogens is 3. The Morgan fingerprint density at radius 3 is 2.64 bits per heavy atom. The molecule has 0 unspecified atom stereocenters. The van der Waals surface area contributed by atoms with E-state index in [0.717, 1.165) is 53.0 Å². The summed E-state index contributed by atoms with van der Waals surface area (Å²) in [6, 6.07) is 13.0. The number of aryl methyl sites for hydroxylation is 1. The van der Waals surface area contributed by atoms with E-state index >= 15 is 0 Å². The average molecular weight is 552 g/mol. The van der Waals surface area contributed by atoms with Crippen LogP contribution in [0.15, 0.2) is 46.9 Å². The Hall–Kier alpha value is -2.06. The van der Waals surface area contributed by atoms with Crippen molar-refractivity contribution in [1.82, 2.24) is 20.2 Å². The molecule has 2 heterocycles. The van der Waals surface area contributed by atoms with Gasteiger partial charge in [0.05, 0.1) is 6.54 Å². The molecule has 0 atom stereocenters. The molecule has 2 aromatic carbocycles. The molecule has 0 aliphatic carbocycles. The average Bonchev–Trinajstić information content (AvgIpc) is 3.15. The van der Waals surface area contributed by atoms with Gasteiger partial charge >= 0.3 is 0 Å². The molecule has 174 valence electrons. The number of benzene rings is 2. The monoisotopic (exact) mass is 550 g/mol. The first-order valence-electron chi connectivity index (χ1n) is 10.8. The maximum Gasteiger partial charge on any atom is 0.286 e. The Morgan fingerprint density at radius 2 is 1.88 bits per heavy atom. The van der Waals surface area contributed by atoms with Gasteiger partial charge in [0.25, 0.3) is 5.91 Å². The van der Waals surface area contributed by atoms with Crippen molar-refractivity contribution in [3.63, 3.8) is 0 Å². The van der Waals surface area contributed by atoms with Crippen LogP contribution in [0.5, 0.6) is 5.75 Å². The van der Waals surface area contributed by atoms with E-state index < -0.39 is 0 Å². The lowest BCUT2D eigenvalue weighted by molar-refractivity contribution is 0.0744. The van der Waals surface area contributed by atoms with Crippen molar-refractivity contribution in [3.8, 4) is 5.75 Å². The fraction of sp³-hybridized carbons (Fsp3) is 0.333. The van der Waals surface area contributed by atoms with Crippen molar-refractivity contribution in [1.29, 1.82) is 0 Å². The Labute approximate surface area is 211 Å². The maximum absolute atomic E-state index is 12.7. The third kappa shape index (κ3) is 6.29. The van der Waals surface area contributed by atoms with Crippen LogP contribution in [-0.4, -0.2) is 33.8 Å². The number of piperidine rings is 1. The molecule has 0 spiro atoms. The molecule has 33 heavy (non-hydrogen) atoms. The summed E-state index contributed by atoms with van der Waals surface area (Å²) in [5, 5.41) is 7.68. The predicted molar refractivity (Wildman–Crippen MR) is 134 cm³/mol. The number of aromatic nitrogens is 2. The van der Waals surface area contributed by atoms with Crippen LogP contribution in [0.4, 0.5) is 0 Å². The minimum atomic E-state index is -0.179. The fourth-order valence-corrected chi connectivity index (χ4v) is 4.63. The molecule has 1 amide bonds. The molecule has 0 bridgehead atoms. The summed E-state index contributed by atoms with van der Waals surface area (Å²) < 4.78 is 8.84. The number of amides is 1. The Kier molecular flexibility index (Phi) is 7.96. The van der Waals surface area contributed by atoms with E-state index in [2.05, 4.69) is 26.5 Å². The van der Waals surface area contributed by atoms with Crippen molar-refractivity contribution < 1.29 is 9.53 Å². The van der Waals surface area contributed by atoms with E-state index in [0.29, 0.717) is 28.9 Å². The third-order valence-electron chi connectivity index (χ3n) is 5.57. The molecule has 1 fully saturated rings. The normalized spacial score (nSPS) is 14.3. The van der Waals surface area contributed by atoms with Crippen molar-refractivity contribution >= 4 is 45.0 Å². The lowest BCUT2D eigenvalue weighted by Gasteiger charge is -2.26. The van der Waals surface area contributed by atoms with Gasteiger partial charge in [-0.15, -0.1) is 0 Å². The zero-order chi connectivity index (χ0) is 23.4. The summed E-state index contributed by atoms with van der Waals surface area (Å²) in [4.78, 5) is 12.7. The number of nitrogens with zero attached hydrogens (tertiary/aromatic N) is 3. The quantitative estimate of drug-likeness (QED) is 0.390. The first kappa shape index (κ1) is 24.1. The highest BCUT2D eigenvalue weighted by Crippen LogP contribution is 2.27. The molecule has 4 rings (SSSR count). The molecule has 9 heteroatoms. The summed E-state index contributed by atoms with van der Waals surface area (Å²) in [7, 11) is 0. The molecule has 1 saturated heterocycles. The molecule has 0 radical (unpaired) electrons. The van der Waals surface area contributed by atoms with Crippen molar-refractivity contribution in [2.45, 2.75) is 39.3 Å². The summed E-state index contributed by atoms with van der Waals surface area (Å²) in [5.74, 6) is 0.542. The second kappa shape index (κ2) is 10.9. The van der Waals surface area contributed by atoms with Gasteiger partial charge in [-0.05, 0) is 56.2 Å². The zero-order valence-electron chi connectivity index (χ0n) is 18.3. The number of rotatable bonds is 7. The van der Waals surface area contributed by atoms with E-state index in [9.17, 15) is 4.79 Å². The van der Waals surface area contributed by atoms with Gasteiger partial charge < -0.3 is 4.74 Å². The van der Waals surface area contributed by atoms with Crippen LogP contribution >= 0.6 is 39.1 Å². The molecule has 3 aromatic rings. The highest BCUT2D eigenvalue weighted by atomic mass is 79.9. The maximum atomic E-state index is 12.7.